The minimum absolute atomic E-state index is 0.0459. The molecule has 1 atom stereocenters. The number of carbonyl (C=O) groups is 1. The van der Waals surface area contributed by atoms with Gasteiger partial charge in [0.25, 0.3) is 0 Å². The topological polar surface area (TPSA) is 81.3 Å². The van der Waals surface area contributed by atoms with Crippen LogP contribution in [-0.2, 0) is 4.79 Å². The van der Waals surface area contributed by atoms with E-state index in [2.05, 4.69) is 16.9 Å². The molecule has 3 heterocycles. The smallest absolute Gasteiger partial charge is 0.223 e. The Labute approximate surface area is 146 Å². The number of hydrogen-bond donors (Lipinski definition) is 1. The Kier molecular flexibility index (Phi) is 4.87. The predicted octanol–water partition coefficient (Wildman–Crippen LogP) is 2.69. The quantitative estimate of drug-likeness (QED) is 0.840. The number of hydrogen-bond acceptors (Lipinski definition) is 5. The van der Waals surface area contributed by atoms with Crippen LogP contribution in [0, 0.1) is 0 Å². The van der Waals surface area contributed by atoms with E-state index in [4.69, 9.17) is 22.1 Å². The number of pyridine rings is 2. The summed E-state index contributed by atoms with van der Waals surface area (Å²) in [5.74, 6) is 0.566. The number of nitrogens with two attached hydrogens (primary N) is 1. The van der Waals surface area contributed by atoms with Gasteiger partial charge < -0.3 is 15.4 Å². The van der Waals surface area contributed by atoms with Crippen LogP contribution in [0.4, 0.5) is 0 Å². The van der Waals surface area contributed by atoms with E-state index in [0.29, 0.717) is 24.1 Å². The Balaban J connectivity index is 1.90. The minimum Gasteiger partial charge on any atom is -0.470 e. The zero-order chi connectivity index (χ0) is 17.3. The molecule has 24 heavy (non-hydrogen) atoms. The van der Waals surface area contributed by atoms with Crippen molar-refractivity contribution in [1.29, 1.82) is 0 Å². The summed E-state index contributed by atoms with van der Waals surface area (Å²) in [4.78, 5) is 21.6. The number of halogens is 1. The zero-order valence-electron chi connectivity index (χ0n) is 13.8. The maximum atomic E-state index is 11.3. The highest BCUT2D eigenvalue weighted by Gasteiger charge is 2.31. The van der Waals surface area contributed by atoms with Crippen molar-refractivity contribution in [2.24, 2.45) is 5.73 Å². The van der Waals surface area contributed by atoms with Crippen molar-refractivity contribution in [3.8, 4) is 5.88 Å². The molecule has 0 aromatic carbocycles. The summed E-state index contributed by atoms with van der Waals surface area (Å²) in [5.41, 5.74) is 7.22. The van der Waals surface area contributed by atoms with E-state index in [1.165, 1.54) is 0 Å². The molecule has 0 radical (unpaired) electrons. The summed E-state index contributed by atoms with van der Waals surface area (Å²) in [7, 11) is 0. The minimum atomic E-state index is -0.102. The highest BCUT2D eigenvalue weighted by Crippen LogP contribution is 2.32. The third-order valence-corrected chi connectivity index (χ3v) is 4.51. The highest BCUT2D eigenvalue weighted by molar-refractivity contribution is 6.30. The zero-order valence-corrected chi connectivity index (χ0v) is 14.6. The van der Waals surface area contributed by atoms with Gasteiger partial charge in [-0.3, -0.25) is 4.79 Å². The molecule has 2 N–H and O–H groups in total. The van der Waals surface area contributed by atoms with Crippen LogP contribution in [-0.4, -0.2) is 40.0 Å². The van der Waals surface area contributed by atoms with Crippen molar-refractivity contribution in [2.75, 3.05) is 13.1 Å². The van der Waals surface area contributed by atoms with Crippen LogP contribution in [0.1, 0.15) is 38.3 Å². The van der Waals surface area contributed by atoms with Crippen LogP contribution in [0.25, 0.3) is 10.8 Å². The number of ether oxygens (including phenoxy) is 1. The first-order chi connectivity index (χ1) is 11.5. The van der Waals surface area contributed by atoms with Crippen molar-refractivity contribution >= 4 is 28.3 Å². The largest absolute Gasteiger partial charge is 0.470 e. The second kappa shape index (κ2) is 6.91. The fraction of sp³-hybridized carbons (Fsp3) is 0.471. The van der Waals surface area contributed by atoms with E-state index in [1.807, 2.05) is 0 Å². The summed E-state index contributed by atoms with van der Waals surface area (Å²) in [6.07, 6.45) is 5.24. The molecule has 0 bridgehead atoms. The molecule has 1 aliphatic heterocycles. The Hall–Kier alpha value is -1.92. The molecule has 1 amide bonds. The third kappa shape index (κ3) is 3.30. The lowest BCUT2D eigenvalue weighted by Gasteiger charge is -2.38. The lowest BCUT2D eigenvalue weighted by molar-refractivity contribution is -0.137. The fourth-order valence-electron chi connectivity index (χ4n) is 2.89. The molecule has 0 saturated carbocycles. The van der Waals surface area contributed by atoms with Gasteiger partial charge in [-0.15, -0.1) is 0 Å². The Morgan fingerprint density at radius 1 is 1.42 bits per heavy atom. The number of nitrogens with zero attached hydrogens (tertiary/aromatic N) is 3. The van der Waals surface area contributed by atoms with Crippen LogP contribution in [0.15, 0.2) is 18.5 Å². The van der Waals surface area contributed by atoms with Crippen LogP contribution in [0.5, 0.6) is 5.88 Å². The predicted molar refractivity (Wildman–Crippen MR) is 93.1 cm³/mol. The Morgan fingerprint density at radius 2 is 2.17 bits per heavy atom. The van der Waals surface area contributed by atoms with Gasteiger partial charge in [-0.25, -0.2) is 9.97 Å². The van der Waals surface area contributed by atoms with E-state index >= 15 is 0 Å². The van der Waals surface area contributed by atoms with E-state index in [1.54, 1.807) is 30.3 Å². The Bertz CT molecular complexity index is 762. The molecule has 1 unspecified atom stereocenters. The van der Waals surface area contributed by atoms with Gasteiger partial charge in [0.2, 0.25) is 11.8 Å². The average molecular weight is 349 g/mol. The summed E-state index contributed by atoms with van der Waals surface area (Å²) in [6, 6.07) is 1.70. The molecule has 1 fully saturated rings. The second-order valence-corrected chi connectivity index (χ2v) is 6.52. The van der Waals surface area contributed by atoms with Crippen molar-refractivity contribution in [2.45, 2.75) is 38.8 Å². The molecule has 0 spiro atoms. The maximum Gasteiger partial charge on any atom is 0.223 e. The summed E-state index contributed by atoms with van der Waals surface area (Å²) >= 11 is 6.07. The molecule has 1 saturated heterocycles. The SMILES string of the molecule is CCCC(N)c1cnc(OC2CN(C(C)=O)C2)c2cnc(Cl)cc12. The molecule has 3 rings (SSSR count). The first kappa shape index (κ1) is 16.9. The van der Waals surface area contributed by atoms with Crippen LogP contribution >= 0.6 is 11.6 Å². The number of fused-ring (bicyclic) bond motifs is 1. The molecule has 128 valence electrons. The second-order valence-electron chi connectivity index (χ2n) is 6.13. The van der Waals surface area contributed by atoms with Crippen molar-refractivity contribution < 1.29 is 9.53 Å². The van der Waals surface area contributed by atoms with Crippen LogP contribution in [0.3, 0.4) is 0 Å². The van der Waals surface area contributed by atoms with Crippen molar-refractivity contribution in [1.82, 2.24) is 14.9 Å². The van der Waals surface area contributed by atoms with Crippen molar-refractivity contribution in [3.63, 3.8) is 0 Å². The number of carbonyl (C=O) groups excluding carboxylic acids is 1. The Morgan fingerprint density at radius 3 is 2.83 bits per heavy atom. The molecule has 2 aromatic rings. The molecule has 7 heteroatoms. The first-order valence-corrected chi connectivity index (χ1v) is 8.49. The molecule has 0 aliphatic carbocycles. The van der Waals surface area contributed by atoms with E-state index in [0.717, 1.165) is 29.2 Å². The summed E-state index contributed by atoms with van der Waals surface area (Å²) < 4.78 is 5.95. The van der Waals surface area contributed by atoms with Crippen LogP contribution in [0.2, 0.25) is 5.15 Å². The summed E-state index contributed by atoms with van der Waals surface area (Å²) in [6.45, 7) is 4.81. The number of rotatable bonds is 5. The van der Waals surface area contributed by atoms with E-state index in [9.17, 15) is 4.79 Å². The highest BCUT2D eigenvalue weighted by atomic mass is 35.5. The van der Waals surface area contributed by atoms with Gasteiger partial charge in [0.15, 0.2) is 0 Å². The standard InChI is InChI=1S/C17H21ClN4O2/c1-3-4-15(19)13-6-21-17(14-7-20-16(18)5-12(13)14)24-11-8-22(9-11)10(2)23/h5-7,11,15H,3-4,8-9,19H2,1-2H3. The molecule has 2 aromatic heterocycles. The van der Waals surface area contributed by atoms with E-state index in [-0.39, 0.29) is 18.1 Å². The number of likely N-dealkylation sites (tertiary alicyclic amines) is 1. The van der Waals surface area contributed by atoms with Gasteiger partial charge in [-0.05, 0) is 23.4 Å². The third-order valence-electron chi connectivity index (χ3n) is 4.30. The molecule has 1 aliphatic rings. The van der Waals surface area contributed by atoms with Crippen molar-refractivity contribution in [3.05, 3.63) is 29.2 Å². The van der Waals surface area contributed by atoms with Gasteiger partial charge in [0, 0.05) is 25.4 Å². The lowest BCUT2D eigenvalue weighted by atomic mass is 10.00. The summed E-state index contributed by atoms with van der Waals surface area (Å²) in [5, 5.41) is 2.13. The van der Waals surface area contributed by atoms with Gasteiger partial charge >= 0.3 is 0 Å². The molecule has 6 nitrogen and oxygen atoms in total. The first-order valence-electron chi connectivity index (χ1n) is 8.11. The van der Waals surface area contributed by atoms with Crippen LogP contribution < -0.4 is 10.5 Å². The molecular weight excluding hydrogens is 328 g/mol. The van der Waals surface area contributed by atoms with Gasteiger partial charge in [0.05, 0.1) is 18.5 Å². The van der Waals surface area contributed by atoms with Gasteiger partial charge in [-0.2, -0.15) is 0 Å². The van der Waals surface area contributed by atoms with E-state index < -0.39 is 0 Å². The monoisotopic (exact) mass is 348 g/mol. The normalized spacial score (nSPS) is 16.1. The average Bonchev–Trinajstić information content (AvgIpc) is 2.49. The number of amides is 1. The maximum absolute atomic E-state index is 11.3. The number of aromatic nitrogens is 2. The fourth-order valence-corrected chi connectivity index (χ4v) is 3.05. The lowest BCUT2D eigenvalue weighted by Crippen LogP contribution is -2.55. The van der Waals surface area contributed by atoms with Gasteiger partial charge in [-0.1, -0.05) is 24.9 Å². The van der Waals surface area contributed by atoms with Gasteiger partial charge in [0.1, 0.15) is 11.3 Å². The molecular formula is C17H21ClN4O2.